The quantitative estimate of drug-likeness (QED) is 0.105. The zero-order valence-corrected chi connectivity index (χ0v) is 22.2. The lowest BCUT2D eigenvalue weighted by atomic mass is 10.0. The minimum absolute atomic E-state index is 0.0513. The van der Waals surface area contributed by atoms with Crippen molar-refractivity contribution < 1.29 is 39.3 Å². The van der Waals surface area contributed by atoms with Gasteiger partial charge in [-0.3, -0.25) is 19.2 Å². The van der Waals surface area contributed by atoms with Gasteiger partial charge in [0.2, 0.25) is 17.7 Å². The molecular formula is C26H33N7O8. The van der Waals surface area contributed by atoms with Crippen molar-refractivity contribution in [2.24, 2.45) is 5.73 Å². The predicted octanol–water partition coefficient (Wildman–Crippen LogP) is -1.21. The number of carbonyl (C=O) groups excluding carboxylic acids is 3. The summed E-state index contributed by atoms with van der Waals surface area (Å²) < 4.78 is 0. The Morgan fingerprint density at radius 1 is 0.927 bits per heavy atom. The largest absolute Gasteiger partial charge is 0.481 e. The van der Waals surface area contributed by atoms with E-state index >= 15 is 0 Å². The van der Waals surface area contributed by atoms with Crippen LogP contribution in [0.2, 0.25) is 0 Å². The lowest BCUT2D eigenvalue weighted by Crippen LogP contribution is -2.58. The highest BCUT2D eigenvalue weighted by Gasteiger charge is 2.32. The highest BCUT2D eigenvalue weighted by Crippen LogP contribution is 2.19. The summed E-state index contributed by atoms with van der Waals surface area (Å²) in [6.07, 6.45) is 2.18. The number of rotatable bonds is 15. The van der Waals surface area contributed by atoms with E-state index in [1.54, 1.807) is 12.3 Å². The number of aliphatic hydroxyl groups is 1. The third-order valence-corrected chi connectivity index (χ3v) is 6.43. The monoisotopic (exact) mass is 571 g/mol. The lowest BCUT2D eigenvalue weighted by molar-refractivity contribution is -0.142. The smallest absolute Gasteiger partial charge is 0.326 e. The van der Waals surface area contributed by atoms with Crippen LogP contribution in [0.1, 0.15) is 31.0 Å². The van der Waals surface area contributed by atoms with Crippen molar-refractivity contribution in [2.45, 2.75) is 62.9 Å². The number of para-hydroxylation sites is 1. The second kappa shape index (κ2) is 14.0. The van der Waals surface area contributed by atoms with Gasteiger partial charge in [-0.2, -0.15) is 0 Å². The number of hydrogen-bond acceptors (Lipinski definition) is 8. The Morgan fingerprint density at radius 2 is 1.59 bits per heavy atom. The first-order chi connectivity index (χ1) is 19.5. The summed E-state index contributed by atoms with van der Waals surface area (Å²) in [6.45, 7) is 1.27. The summed E-state index contributed by atoms with van der Waals surface area (Å²) >= 11 is 0. The third kappa shape index (κ3) is 8.61. The Kier molecular flexibility index (Phi) is 10.5. The Morgan fingerprint density at radius 3 is 2.22 bits per heavy atom. The number of fused-ring (bicyclic) bond motifs is 1. The highest BCUT2D eigenvalue weighted by atomic mass is 16.4. The van der Waals surface area contributed by atoms with Gasteiger partial charge in [0.05, 0.1) is 12.4 Å². The number of carboxylic acids is 2. The first kappa shape index (κ1) is 30.8. The van der Waals surface area contributed by atoms with Gasteiger partial charge in [-0.1, -0.05) is 18.2 Å². The minimum atomic E-state index is -1.41. The number of amides is 3. The second-order valence-corrected chi connectivity index (χ2v) is 9.57. The molecule has 3 aromatic rings. The lowest BCUT2D eigenvalue weighted by Gasteiger charge is -2.25. The zero-order valence-electron chi connectivity index (χ0n) is 22.2. The summed E-state index contributed by atoms with van der Waals surface area (Å²) in [4.78, 5) is 71.9. The van der Waals surface area contributed by atoms with Crippen LogP contribution in [0.5, 0.6) is 0 Å². The molecule has 0 saturated carbocycles. The standard InChI is InChI=1S/C26H33N7O8/c1-13(34)22(27)25(39)31-18(6-7-21(35)36)23(37)32-19(9-15-11-28-12-30-15)24(38)33-20(26(40)41)8-14-10-29-17-5-3-2-4-16(14)17/h2-5,10-13,18-20,22,29,34H,6-9,27H2,1H3,(H,28,30)(H,31,39)(H,32,37)(H,33,38)(H,35,36)(H,40,41). The number of nitrogens with zero attached hydrogens (tertiary/aromatic N) is 1. The number of nitrogens with two attached hydrogens (primary N) is 1. The number of aromatic nitrogens is 3. The van der Waals surface area contributed by atoms with Crippen molar-refractivity contribution in [1.82, 2.24) is 30.9 Å². The fraction of sp³-hybridized carbons (Fsp3) is 0.385. The number of benzene rings is 1. The van der Waals surface area contributed by atoms with E-state index in [1.165, 1.54) is 19.4 Å². The second-order valence-electron chi connectivity index (χ2n) is 9.57. The molecule has 5 atom stereocenters. The number of aliphatic carboxylic acids is 2. The van der Waals surface area contributed by atoms with E-state index in [2.05, 4.69) is 30.9 Å². The normalized spacial score (nSPS) is 14.8. The molecule has 3 rings (SSSR count). The van der Waals surface area contributed by atoms with Crippen molar-refractivity contribution >= 4 is 40.6 Å². The fourth-order valence-corrected chi connectivity index (χ4v) is 4.11. The number of carbonyl (C=O) groups is 5. The summed E-state index contributed by atoms with van der Waals surface area (Å²) in [7, 11) is 0. The van der Waals surface area contributed by atoms with Gasteiger partial charge in [-0.25, -0.2) is 9.78 Å². The van der Waals surface area contributed by atoms with Crippen molar-refractivity contribution in [1.29, 1.82) is 0 Å². The highest BCUT2D eigenvalue weighted by molar-refractivity contribution is 5.94. The van der Waals surface area contributed by atoms with Gasteiger partial charge in [-0.05, 0) is 25.0 Å². The minimum Gasteiger partial charge on any atom is -0.481 e. The van der Waals surface area contributed by atoms with Crippen molar-refractivity contribution in [3.63, 3.8) is 0 Å². The Hall–Kier alpha value is -4.76. The van der Waals surface area contributed by atoms with Crippen molar-refractivity contribution in [2.75, 3.05) is 0 Å². The molecule has 0 radical (unpaired) electrons. The van der Waals surface area contributed by atoms with Gasteiger partial charge < -0.3 is 47.0 Å². The van der Waals surface area contributed by atoms with Gasteiger partial charge in [0.15, 0.2) is 0 Å². The Bertz CT molecular complexity index is 1370. The maximum Gasteiger partial charge on any atom is 0.326 e. The molecule has 10 N–H and O–H groups in total. The molecule has 0 aliphatic heterocycles. The van der Waals surface area contributed by atoms with E-state index in [0.29, 0.717) is 11.3 Å². The molecule has 220 valence electrons. The van der Waals surface area contributed by atoms with Gasteiger partial charge in [0.1, 0.15) is 24.2 Å². The molecule has 0 aliphatic carbocycles. The number of carboxylic acid groups (broad SMARTS) is 2. The summed E-state index contributed by atoms with van der Waals surface area (Å²) in [5.41, 5.74) is 7.53. The van der Waals surface area contributed by atoms with Crippen molar-refractivity contribution in [3.8, 4) is 0 Å². The van der Waals surface area contributed by atoms with Gasteiger partial charge >= 0.3 is 11.9 Å². The topological polar surface area (TPSA) is 253 Å². The molecule has 2 aromatic heterocycles. The van der Waals surface area contributed by atoms with Crippen LogP contribution in [0.4, 0.5) is 0 Å². The third-order valence-electron chi connectivity index (χ3n) is 6.43. The van der Waals surface area contributed by atoms with E-state index in [0.717, 1.165) is 10.9 Å². The van der Waals surface area contributed by atoms with Crippen LogP contribution >= 0.6 is 0 Å². The molecule has 15 heteroatoms. The van der Waals surface area contributed by atoms with Crippen LogP contribution in [0.3, 0.4) is 0 Å². The molecule has 0 aliphatic rings. The number of nitrogens with one attached hydrogen (secondary N) is 5. The average molecular weight is 572 g/mol. The maximum atomic E-state index is 13.4. The SMILES string of the molecule is CC(O)C(N)C(=O)NC(CCC(=O)O)C(=O)NC(Cc1cnc[nH]1)C(=O)NC(Cc1c[nH]c2ccccc12)C(=O)O. The molecule has 0 spiro atoms. The van der Waals surface area contributed by atoms with E-state index in [-0.39, 0.29) is 19.3 Å². The summed E-state index contributed by atoms with van der Waals surface area (Å²) in [5, 5.41) is 36.6. The Labute approximate surface area is 233 Å². The number of aliphatic hydroxyl groups excluding tert-OH is 1. The van der Waals surface area contributed by atoms with Crippen molar-refractivity contribution in [3.05, 3.63) is 54.2 Å². The van der Waals surface area contributed by atoms with Gasteiger partial charge in [-0.15, -0.1) is 0 Å². The average Bonchev–Trinajstić information content (AvgIpc) is 3.59. The molecule has 0 saturated heterocycles. The molecule has 1 aromatic carbocycles. The number of aromatic amines is 2. The summed E-state index contributed by atoms with van der Waals surface area (Å²) in [5.74, 6) is -5.16. The number of hydrogen-bond donors (Lipinski definition) is 9. The van der Waals surface area contributed by atoms with Crippen LogP contribution in [0, 0.1) is 0 Å². The first-order valence-corrected chi connectivity index (χ1v) is 12.8. The van der Waals surface area contributed by atoms with E-state index in [4.69, 9.17) is 10.8 Å². The van der Waals surface area contributed by atoms with E-state index in [9.17, 15) is 34.2 Å². The fourth-order valence-electron chi connectivity index (χ4n) is 4.11. The molecule has 0 bridgehead atoms. The van der Waals surface area contributed by atoms with E-state index < -0.39 is 66.4 Å². The van der Waals surface area contributed by atoms with E-state index in [1.807, 2.05) is 18.2 Å². The molecule has 5 unspecified atom stereocenters. The summed E-state index contributed by atoms with van der Waals surface area (Å²) in [6, 6.07) is 1.79. The Balaban J connectivity index is 1.80. The van der Waals surface area contributed by atoms with Crippen LogP contribution in [-0.2, 0) is 36.8 Å². The molecule has 41 heavy (non-hydrogen) atoms. The number of H-pyrrole nitrogens is 2. The van der Waals surface area contributed by atoms with Crippen LogP contribution in [0.25, 0.3) is 10.9 Å². The van der Waals surface area contributed by atoms with Gasteiger partial charge in [0, 0.05) is 48.3 Å². The van der Waals surface area contributed by atoms with Crippen LogP contribution in [-0.4, -0.2) is 90.2 Å². The maximum absolute atomic E-state index is 13.4. The molecule has 2 heterocycles. The van der Waals surface area contributed by atoms with Crippen LogP contribution < -0.4 is 21.7 Å². The predicted molar refractivity (Wildman–Crippen MR) is 144 cm³/mol. The number of imidazole rings is 1. The van der Waals surface area contributed by atoms with Crippen LogP contribution in [0.15, 0.2) is 43.0 Å². The van der Waals surface area contributed by atoms with Gasteiger partial charge in [0.25, 0.3) is 0 Å². The zero-order chi connectivity index (χ0) is 30.1. The molecular weight excluding hydrogens is 538 g/mol. The first-order valence-electron chi connectivity index (χ1n) is 12.8. The molecule has 0 fully saturated rings. The molecule has 15 nitrogen and oxygen atoms in total. The molecule has 3 amide bonds.